The topological polar surface area (TPSA) is 39.7 Å². The van der Waals surface area contributed by atoms with Gasteiger partial charge in [-0.05, 0) is 56.5 Å². The fourth-order valence-electron chi connectivity index (χ4n) is 3.44. The average Bonchev–Trinajstić information content (AvgIpc) is 3.23. The maximum absolute atomic E-state index is 6.14. The first-order chi connectivity index (χ1) is 11.1. The molecule has 4 nitrogen and oxygen atoms in total. The zero-order valence-electron chi connectivity index (χ0n) is 14.5. The number of rotatable bonds is 5. The Hall–Kier alpha value is -0.530. The Morgan fingerprint density at radius 2 is 2.17 bits per heavy atom. The molecule has 0 spiro atoms. The number of hydrogen-bond acceptors (Lipinski definition) is 2. The third-order valence-electron chi connectivity index (χ3n) is 5.16. The minimum Gasteiger partial charge on any atom is -0.356 e. The van der Waals surface area contributed by atoms with Crippen LogP contribution in [0.2, 0.25) is 5.02 Å². The predicted octanol–water partition coefficient (Wildman–Crippen LogP) is 3.11. The average molecular weight is 463 g/mol. The fraction of sp³-hybridized carbons (Fsp3) is 0.611. The van der Waals surface area contributed by atoms with Gasteiger partial charge in [0, 0.05) is 37.1 Å². The van der Waals surface area contributed by atoms with Gasteiger partial charge in [0.1, 0.15) is 0 Å². The van der Waals surface area contributed by atoms with Gasteiger partial charge in [0.25, 0.3) is 0 Å². The standard InChI is InChI=1S/C18H27ClN4.HI/c1-20-17(21-11-14-6-9-23(2)12-14)22-13-18(7-8-18)15-4-3-5-16(19)10-15;/h3-5,10,14H,6-9,11-13H2,1-2H3,(H2,20,21,22);1H. The molecule has 1 heterocycles. The van der Waals surface area contributed by atoms with Crippen molar-refractivity contribution in [3.8, 4) is 0 Å². The molecule has 1 aliphatic heterocycles. The Morgan fingerprint density at radius 1 is 1.38 bits per heavy atom. The van der Waals surface area contributed by atoms with Crippen LogP contribution in [0.25, 0.3) is 0 Å². The van der Waals surface area contributed by atoms with E-state index in [0.717, 1.165) is 30.0 Å². The van der Waals surface area contributed by atoms with Crippen molar-refractivity contribution in [3.63, 3.8) is 0 Å². The molecule has 1 saturated heterocycles. The van der Waals surface area contributed by atoms with Gasteiger partial charge in [-0.15, -0.1) is 24.0 Å². The molecule has 0 bridgehead atoms. The molecule has 1 aromatic rings. The second-order valence-electron chi connectivity index (χ2n) is 7.01. The Balaban J connectivity index is 0.00000208. The van der Waals surface area contributed by atoms with Crippen LogP contribution in [0.1, 0.15) is 24.8 Å². The summed E-state index contributed by atoms with van der Waals surface area (Å²) in [5.41, 5.74) is 1.57. The Bertz CT molecular complexity index is 574. The fourth-order valence-corrected chi connectivity index (χ4v) is 3.63. The molecule has 2 fully saturated rings. The lowest BCUT2D eigenvalue weighted by Gasteiger charge is -2.20. The molecule has 0 amide bonds. The van der Waals surface area contributed by atoms with Gasteiger partial charge in [0.15, 0.2) is 5.96 Å². The predicted molar refractivity (Wildman–Crippen MR) is 113 cm³/mol. The van der Waals surface area contributed by atoms with E-state index in [4.69, 9.17) is 11.6 Å². The molecule has 3 rings (SSSR count). The maximum Gasteiger partial charge on any atom is 0.191 e. The van der Waals surface area contributed by atoms with E-state index in [1.54, 1.807) is 0 Å². The third-order valence-corrected chi connectivity index (χ3v) is 5.39. The van der Waals surface area contributed by atoms with Crippen LogP contribution in [-0.2, 0) is 5.41 Å². The summed E-state index contributed by atoms with van der Waals surface area (Å²) in [7, 11) is 4.03. The summed E-state index contributed by atoms with van der Waals surface area (Å²) in [6.45, 7) is 4.29. The van der Waals surface area contributed by atoms with Crippen molar-refractivity contribution >= 4 is 41.5 Å². The molecule has 1 unspecified atom stereocenters. The molecule has 134 valence electrons. The van der Waals surface area contributed by atoms with E-state index in [2.05, 4.69) is 39.7 Å². The molecular weight excluding hydrogens is 435 g/mol. The van der Waals surface area contributed by atoms with Crippen LogP contribution in [0.5, 0.6) is 0 Å². The number of halogens is 2. The van der Waals surface area contributed by atoms with Crippen molar-refractivity contribution in [1.29, 1.82) is 0 Å². The lowest BCUT2D eigenvalue weighted by atomic mass is 9.96. The monoisotopic (exact) mass is 462 g/mol. The normalized spacial score (nSPS) is 22.8. The lowest BCUT2D eigenvalue weighted by molar-refractivity contribution is 0.393. The molecule has 2 aliphatic rings. The summed E-state index contributed by atoms with van der Waals surface area (Å²) in [5, 5.41) is 7.81. The van der Waals surface area contributed by atoms with E-state index in [9.17, 15) is 0 Å². The van der Waals surface area contributed by atoms with Gasteiger partial charge in [-0.2, -0.15) is 0 Å². The summed E-state index contributed by atoms with van der Waals surface area (Å²) in [6, 6.07) is 8.26. The van der Waals surface area contributed by atoms with Gasteiger partial charge in [-0.1, -0.05) is 23.7 Å². The van der Waals surface area contributed by atoms with E-state index in [1.807, 2.05) is 19.2 Å². The van der Waals surface area contributed by atoms with Crippen LogP contribution in [0.4, 0.5) is 0 Å². The van der Waals surface area contributed by atoms with Crippen molar-refractivity contribution in [3.05, 3.63) is 34.9 Å². The molecule has 2 N–H and O–H groups in total. The second kappa shape index (κ2) is 8.72. The minimum absolute atomic E-state index is 0. The highest BCUT2D eigenvalue weighted by molar-refractivity contribution is 14.0. The Kier molecular flexibility index (Phi) is 7.19. The number of likely N-dealkylation sites (tertiary alicyclic amines) is 1. The van der Waals surface area contributed by atoms with Gasteiger partial charge in [-0.25, -0.2) is 0 Å². The summed E-state index contributed by atoms with van der Waals surface area (Å²) < 4.78 is 0. The zero-order chi connectivity index (χ0) is 16.3. The van der Waals surface area contributed by atoms with Crippen molar-refractivity contribution < 1.29 is 0 Å². The molecule has 1 atom stereocenters. The minimum atomic E-state index is 0. The van der Waals surface area contributed by atoms with Gasteiger partial charge in [0.05, 0.1) is 0 Å². The number of guanidine groups is 1. The van der Waals surface area contributed by atoms with Crippen molar-refractivity contribution in [2.45, 2.75) is 24.7 Å². The van der Waals surface area contributed by atoms with Crippen molar-refractivity contribution in [1.82, 2.24) is 15.5 Å². The molecular formula is C18H28ClIN4. The number of hydrogen-bond donors (Lipinski definition) is 2. The van der Waals surface area contributed by atoms with E-state index in [-0.39, 0.29) is 29.4 Å². The number of benzene rings is 1. The third kappa shape index (κ3) is 4.99. The van der Waals surface area contributed by atoms with Gasteiger partial charge >= 0.3 is 0 Å². The first-order valence-corrected chi connectivity index (χ1v) is 8.88. The molecule has 0 radical (unpaired) electrons. The van der Waals surface area contributed by atoms with Crippen LogP contribution >= 0.6 is 35.6 Å². The quantitative estimate of drug-likeness (QED) is 0.401. The molecule has 0 aromatic heterocycles. The summed E-state index contributed by atoms with van der Waals surface area (Å²) in [5.74, 6) is 1.63. The van der Waals surface area contributed by atoms with Gasteiger partial charge in [-0.3, -0.25) is 4.99 Å². The van der Waals surface area contributed by atoms with Gasteiger partial charge < -0.3 is 15.5 Å². The van der Waals surface area contributed by atoms with Crippen molar-refractivity contribution in [2.24, 2.45) is 10.9 Å². The molecule has 1 aromatic carbocycles. The lowest BCUT2D eigenvalue weighted by Crippen LogP contribution is -2.43. The van der Waals surface area contributed by atoms with Gasteiger partial charge in [0.2, 0.25) is 0 Å². The zero-order valence-corrected chi connectivity index (χ0v) is 17.6. The summed E-state index contributed by atoms with van der Waals surface area (Å²) in [4.78, 5) is 6.75. The first kappa shape index (κ1) is 19.8. The summed E-state index contributed by atoms with van der Waals surface area (Å²) >= 11 is 6.14. The maximum atomic E-state index is 6.14. The molecule has 24 heavy (non-hydrogen) atoms. The van der Waals surface area contributed by atoms with Crippen LogP contribution in [0.3, 0.4) is 0 Å². The highest BCUT2D eigenvalue weighted by Crippen LogP contribution is 2.48. The Labute approximate surface area is 167 Å². The summed E-state index contributed by atoms with van der Waals surface area (Å²) in [6.07, 6.45) is 3.70. The van der Waals surface area contributed by atoms with Crippen LogP contribution in [0, 0.1) is 5.92 Å². The van der Waals surface area contributed by atoms with Crippen LogP contribution in [0.15, 0.2) is 29.3 Å². The Morgan fingerprint density at radius 3 is 2.75 bits per heavy atom. The SMILES string of the molecule is CN=C(NCC1CCN(C)C1)NCC1(c2cccc(Cl)c2)CC1.I. The highest BCUT2D eigenvalue weighted by Gasteiger charge is 2.44. The first-order valence-electron chi connectivity index (χ1n) is 8.50. The van der Waals surface area contributed by atoms with Crippen LogP contribution in [-0.4, -0.2) is 51.1 Å². The molecule has 1 aliphatic carbocycles. The highest BCUT2D eigenvalue weighted by atomic mass is 127. The molecule has 1 saturated carbocycles. The van der Waals surface area contributed by atoms with Crippen LogP contribution < -0.4 is 10.6 Å². The number of aliphatic imine (C=N–C) groups is 1. The van der Waals surface area contributed by atoms with Crippen molar-refractivity contribution in [2.75, 3.05) is 40.3 Å². The smallest absolute Gasteiger partial charge is 0.191 e. The second-order valence-corrected chi connectivity index (χ2v) is 7.45. The van der Waals surface area contributed by atoms with E-state index in [0.29, 0.717) is 0 Å². The van der Waals surface area contributed by atoms with E-state index >= 15 is 0 Å². The number of nitrogens with zero attached hydrogens (tertiary/aromatic N) is 2. The van der Waals surface area contributed by atoms with E-state index < -0.39 is 0 Å². The molecule has 6 heteroatoms. The van der Waals surface area contributed by atoms with E-state index in [1.165, 1.54) is 37.9 Å². The largest absolute Gasteiger partial charge is 0.356 e. The number of nitrogens with one attached hydrogen (secondary N) is 2.